The highest BCUT2D eigenvalue weighted by Gasteiger charge is 2.38. The van der Waals surface area contributed by atoms with Crippen LogP contribution in [0.1, 0.15) is 29.4 Å². The summed E-state index contributed by atoms with van der Waals surface area (Å²) >= 11 is 0. The number of hydrogen-bond acceptors (Lipinski definition) is 6. The Balaban J connectivity index is 1.73. The molecule has 1 aromatic heterocycles. The first-order valence-corrected chi connectivity index (χ1v) is 8.87. The first-order valence-electron chi connectivity index (χ1n) is 8.87. The standard InChI is InChI=1S/C21H18N2O4/c1-24-17-4-11-3-12(8-22)21-14-6-19-20(27-10-26-19)7-16(14)23-9-15(21)13(11)5-18(17)25-2/h4-7,9,11-13H,3,10H2,1-2H3. The summed E-state index contributed by atoms with van der Waals surface area (Å²) in [5, 5.41) is 10.8. The van der Waals surface area contributed by atoms with Crippen LogP contribution in [0.4, 0.5) is 0 Å². The lowest BCUT2D eigenvalue weighted by Gasteiger charge is -2.36. The van der Waals surface area contributed by atoms with Gasteiger partial charge in [-0.1, -0.05) is 0 Å². The first-order chi connectivity index (χ1) is 13.2. The van der Waals surface area contributed by atoms with E-state index in [4.69, 9.17) is 18.9 Å². The van der Waals surface area contributed by atoms with E-state index in [1.807, 2.05) is 18.3 Å². The number of nitrogens with zero attached hydrogens (tertiary/aromatic N) is 2. The van der Waals surface area contributed by atoms with E-state index in [-0.39, 0.29) is 24.5 Å². The number of rotatable bonds is 2. The second kappa shape index (κ2) is 5.92. The third-order valence-corrected chi connectivity index (χ3v) is 5.65. The molecule has 0 saturated heterocycles. The van der Waals surface area contributed by atoms with Crippen molar-refractivity contribution < 1.29 is 18.9 Å². The lowest BCUT2D eigenvalue weighted by molar-refractivity contribution is 0.174. The second-order valence-electron chi connectivity index (χ2n) is 6.93. The Morgan fingerprint density at radius 2 is 1.85 bits per heavy atom. The molecule has 2 heterocycles. The Labute approximate surface area is 156 Å². The molecule has 27 heavy (non-hydrogen) atoms. The fourth-order valence-corrected chi connectivity index (χ4v) is 4.40. The highest BCUT2D eigenvalue weighted by molar-refractivity contribution is 5.88. The average molecular weight is 362 g/mol. The summed E-state index contributed by atoms with van der Waals surface area (Å²) < 4.78 is 22.0. The van der Waals surface area contributed by atoms with Gasteiger partial charge in [0.1, 0.15) is 0 Å². The molecule has 6 heteroatoms. The number of methoxy groups -OCH3 is 2. The fraction of sp³-hybridized carbons (Fsp3) is 0.333. The molecular weight excluding hydrogens is 344 g/mol. The number of ether oxygens (including phenoxy) is 4. The molecule has 0 amide bonds. The summed E-state index contributed by atoms with van der Waals surface area (Å²) in [6, 6.07) is 6.33. The van der Waals surface area contributed by atoms with Gasteiger partial charge in [0.05, 0.1) is 31.7 Å². The van der Waals surface area contributed by atoms with Crippen molar-refractivity contribution in [2.24, 2.45) is 5.92 Å². The number of allylic oxidation sites excluding steroid dienone is 2. The third-order valence-electron chi connectivity index (χ3n) is 5.65. The van der Waals surface area contributed by atoms with Gasteiger partial charge in [0.25, 0.3) is 0 Å². The molecule has 0 saturated carbocycles. The highest BCUT2D eigenvalue weighted by atomic mass is 16.7. The molecule has 0 radical (unpaired) electrons. The minimum Gasteiger partial charge on any atom is -0.493 e. The van der Waals surface area contributed by atoms with E-state index in [1.165, 1.54) is 0 Å². The van der Waals surface area contributed by atoms with Crippen LogP contribution in [-0.2, 0) is 9.47 Å². The van der Waals surface area contributed by atoms with Gasteiger partial charge >= 0.3 is 0 Å². The lowest BCUT2D eigenvalue weighted by Crippen LogP contribution is -2.25. The molecule has 3 aliphatic rings. The molecule has 2 aliphatic carbocycles. The number of fused-ring (bicyclic) bond motifs is 6. The van der Waals surface area contributed by atoms with Crippen LogP contribution in [0.5, 0.6) is 11.5 Å². The van der Waals surface area contributed by atoms with Gasteiger partial charge in [-0.05, 0) is 41.7 Å². The number of benzene rings is 1. The Bertz CT molecular complexity index is 1050. The van der Waals surface area contributed by atoms with Crippen molar-refractivity contribution in [2.45, 2.75) is 18.3 Å². The van der Waals surface area contributed by atoms with Crippen LogP contribution < -0.4 is 9.47 Å². The van der Waals surface area contributed by atoms with Gasteiger partial charge < -0.3 is 18.9 Å². The molecule has 136 valence electrons. The summed E-state index contributed by atoms with van der Waals surface area (Å²) in [7, 11) is 3.27. The van der Waals surface area contributed by atoms with E-state index in [2.05, 4.69) is 23.2 Å². The average Bonchev–Trinajstić information content (AvgIpc) is 3.17. The largest absolute Gasteiger partial charge is 0.493 e. The van der Waals surface area contributed by atoms with Gasteiger partial charge in [0.15, 0.2) is 23.0 Å². The predicted octanol–water partition coefficient (Wildman–Crippen LogP) is 3.75. The Morgan fingerprint density at radius 1 is 1.11 bits per heavy atom. The van der Waals surface area contributed by atoms with E-state index in [0.717, 1.165) is 34.2 Å². The molecule has 1 aliphatic heterocycles. The molecule has 2 aromatic rings. The summed E-state index contributed by atoms with van der Waals surface area (Å²) in [5.74, 6) is 2.88. The zero-order valence-corrected chi connectivity index (χ0v) is 15.1. The Morgan fingerprint density at radius 3 is 2.59 bits per heavy atom. The third kappa shape index (κ3) is 2.28. The summed E-state index contributed by atoms with van der Waals surface area (Å²) in [4.78, 5) is 4.65. The Kier molecular flexibility index (Phi) is 3.51. The van der Waals surface area contributed by atoms with Crippen LogP contribution in [-0.4, -0.2) is 26.0 Å². The molecule has 3 atom stereocenters. The summed E-state index contributed by atoms with van der Waals surface area (Å²) in [5.41, 5.74) is 2.91. The predicted molar refractivity (Wildman–Crippen MR) is 97.3 cm³/mol. The maximum Gasteiger partial charge on any atom is 0.231 e. The van der Waals surface area contributed by atoms with Gasteiger partial charge in [0.2, 0.25) is 6.79 Å². The van der Waals surface area contributed by atoms with Crippen molar-refractivity contribution in [3.8, 4) is 17.6 Å². The Hall–Kier alpha value is -3.20. The van der Waals surface area contributed by atoms with Gasteiger partial charge in [-0.15, -0.1) is 0 Å². The van der Waals surface area contributed by atoms with Crippen LogP contribution in [0.3, 0.4) is 0 Å². The van der Waals surface area contributed by atoms with Crippen molar-refractivity contribution in [2.75, 3.05) is 21.0 Å². The van der Waals surface area contributed by atoms with Gasteiger partial charge in [0, 0.05) is 23.6 Å². The molecule has 6 nitrogen and oxygen atoms in total. The lowest BCUT2D eigenvalue weighted by atomic mass is 9.68. The van der Waals surface area contributed by atoms with Gasteiger partial charge in [-0.25, -0.2) is 0 Å². The normalized spacial score (nSPS) is 25.0. The van der Waals surface area contributed by atoms with E-state index in [9.17, 15) is 5.26 Å². The molecule has 1 aromatic carbocycles. The number of hydrogen-bond donors (Lipinski definition) is 0. The van der Waals surface area contributed by atoms with Crippen LogP contribution in [0.15, 0.2) is 42.0 Å². The molecule has 0 spiro atoms. The highest BCUT2D eigenvalue weighted by Crippen LogP contribution is 2.50. The van der Waals surface area contributed by atoms with Gasteiger partial charge in [-0.3, -0.25) is 4.98 Å². The molecule has 0 fully saturated rings. The van der Waals surface area contributed by atoms with Crippen LogP contribution >= 0.6 is 0 Å². The van der Waals surface area contributed by atoms with Crippen molar-refractivity contribution >= 4 is 10.9 Å². The maximum atomic E-state index is 9.88. The number of pyridine rings is 1. The monoisotopic (exact) mass is 362 g/mol. The summed E-state index contributed by atoms with van der Waals surface area (Å²) in [6.45, 7) is 0.213. The summed E-state index contributed by atoms with van der Waals surface area (Å²) in [6.07, 6.45) is 6.76. The molecule has 0 N–H and O–H groups in total. The molecule has 5 rings (SSSR count). The van der Waals surface area contributed by atoms with Crippen molar-refractivity contribution in [1.82, 2.24) is 4.98 Å². The van der Waals surface area contributed by atoms with Gasteiger partial charge in [-0.2, -0.15) is 5.26 Å². The maximum absolute atomic E-state index is 9.88. The van der Waals surface area contributed by atoms with E-state index >= 15 is 0 Å². The van der Waals surface area contributed by atoms with Crippen molar-refractivity contribution in [3.63, 3.8) is 0 Å². The van der Waals surface area contributed by atoms with E-state index in [1.54, 1.807) is 14.2 Å². The molecular formula is C21H18N2O4. The number of nitriles is 1. The fourth-order valence-electron chi connectivity index (χ4n) is 4.40. The topological polar surface area (TPSA) is 73.6 Å². The minimum absolute atomic E-state index is 0.0979. The van der Waals surface area contributed by atoms with Crippen LogP contribution in [0.2, 0.25) is 0 Å². The van der Waals surface area contributed by atoms with Crippen molar-refractivity contribution in [1.29, 1.82) is 5.26 Å². The first kappa shape index (κ1) is 16.0. The van der Waals surface area contributed by atoms with Crippen LogP contribution in [0, 0.1) is 17.2 Å². The van der Waals surface area contributed by atoms with Crippen LogP contribution in [0.25, 0.3) is 10.9 Å². The molecule has 3 unspecified atom stereocenters. The second-order valence-corrected chi connectivity index (χ2v) is 6.93. The zero-order valence-electron chi connectivity index (χ0n) is 15.1. The van der Waals surface area contributed by atoms with Crippen molar-refractivity contribution in [3.05, 3.63) is 53.1 Å². The SMILES string of the molecule is COC1=CC2CC(C#N)c3c(cnc4cc5c(cc34)OCO5)C2C=C1OC. The zero-order chi connectivity index (χ0) is 18.5. The quantitative estimate of drug-likeness (QED) is 0.810. The minimum atomic E-state index is -0.223. The smallest absolute Gasteiger partial charge is 0.231 e. The number of aromatic nitrogens is 1. The molecule has 0 bridgehead atoms. The van der Waals surface area contributed by atoms with E-state index in [0.29, 0.717) is 17.3 Å². The van der Waals surface area contributed by atoms with E-state index < -0.39 is 0 Å².